The molecule has 1 aromatic rings. The van der Waals surface area contributed by atoms with E-state index in [1.165, 1.54) is 10.5 Å². The fraction of sp³-hybridized carbons (Fsp3) is 0.533. The van der Waals surface area contributed by atoms with Crippen molar-refractivity contribution in [3.8, 4) is 0 Å². The molecular formula is C15H18O4S2. The Kier molecular flexibility index (Phi) is 3.78. The molecule has 1 aliphatic heterocycles. The molecule has 2 aliphatic rings. The van der Waals surface area contributed by atoms with Gasteiger partial charge in [-0.15, -0.1) is 11.8 Å². The van der Waals surface area contributed by atoms with Gasteiger partial charge < -0.3 is 5.11 Å². The minimum absolute atomic E-state index is 0.0235. The van der Waals surface area contributed by atoms with Crippen molar-refractivity contribution in [2.75, 3.05) is 11.5 Å². The Morgan fingerprint density at radius 1 is 1.33 bits per heavy atom. The summed E-state index contributed by atoms with van der Waals surface area (Å²) in [6.07, 6.45) is 2.20. The molecule has 1 N–H and O–H groups in total. The highest BCUT2D eigenvalue weighted by Gasteiger charge is 2.48. The minimum atomic E-state index is -3.21. The summed E-state index contributed by atoms with van der Waals surface area (Å²) < 4.78 is 24.7. The monoisotopic (exact) mass is 326 g/mol. The average molecular weight is 326 g/mol. The Morgan fingerprint density at radius 3 is 2.67 bits per heavy atom. The predicted octanol–water partition coefficient (Wildman–Crippen LogP) is 2.37. The van der Waals surface area contributed by atoms with Crippen LogP contribution in [0.15, 0.2) is 29.2 Å². The van der Waals surface area contributed by atoms with E-state index in [2.05, 4.69) is 0 Å². The maximum atomic E-state index is 12.4. The van der Waals surface area contributed by atoms with Crippen LogP contribution in [-0.4, -0.2) is 36.2 Å². The van der Waals surface area contributed by atoms with E-state index in [1.807, 2.05) is 24.3 Å². The van der Waals surface area contributed by atoms with Crippen LogP contribution in [0.5, 0.6) is 0 Å². The Labute approximate surface area is 128 Å². The molecule has 0 saturated heterocycles. The van der Waals surface area contributed by atoms with Crippen molar-refractivity contribution in [1.82, 2.24) is 0 Å². The number of hydrogen-bond donors (Lipinski definition) is 1. The molecule has 114 valence electrons. The van der Waals surface area contributed by atoms with Gasteiger partial charge in [-0.25, -0.2) is 8.42 Å². The normalized spacial score (nSPS) is 22.8. The highest BCUT2D eigenvalue weighted by molar-refractivity contribution is 8.01. The summed E-state index contributed by atoms with van der Waals surface area (Å²) in [5.41, 5.74) is 0.732. The largest absolute Gasteiger partial charge is 0.481 e. The number of hydrogen-bond acceptors (Lipinski definition) is 4. The zero-order chi connectivity index (χ0) is 15.1. The Bertz CT molecular complexity index is 637. The average Bonchev–Trinajstić information content (AvgIpc) is 2.97. The van der Waals surface area contributed by atoms with E-state index in [-0.39, 0.29) is 23.2 Å². The molecule has 0 amide bonds. The van der Waals surface area contributed by atoms with Gasteiger partial charge in [0.15, 0.2) is 9.84 Å². The molecule has 0 bridgehead atoms. The molecule has 1 heterocycles. The van der Waals surface area contributed by atoms with Crippen LogP contribution >= 0.6 is 11.8 Å². The number of aliphatic carboxylic acids is 1. The van der Waals surface area contributed by atoms with Gasteiger partial charge >= 0.3 is 5.97 Å². The molecule has 3 rings (SSSR count). The van der Waals surface area contributed by atoms with Crippen molar-refractivity contribution in [2.24, 2.45) is 5.41 Å². The molecule has 1 aliphatic carbocycles. The first-order valence-electron chi connectivity index (χ1n) is 7.04. The van der Waals surface area contributed by atoms with Gasteiger partial charge in [-0.3, -0.25) is 4.79 Å². The third-order valence-corrected chi connectivity index (χ3v) is 7.66. The second-order valence-electron chi connectivity index (χ2n) is 6.18. The van der Waals surface area contributed by atoms with Crippen LogP contribution in [0.2, 0.25) is 0 Å². The molecule has 1 saturated carbocycles. The summed E-state index contributed by atoms with van der Waals surface area (Å²) in [5.74, 6) is -0.724. The van der Waals surface area contributed by atoms with Crippen molar-refractivity contribution >= 4 is 27.6 Å². The van der Waals surface area contributed by atoms with Gasteiger partial charge in [-0.2, -0.15) is 0 Å². The van der Waals surface area contributed by atoms with E-state index in [9.17, 15) is 13.2 Å². The fourth-order valence-corrected chi connectivity index (χ4v) is 7.13. The van der Waals surface area contributed by atoms with Crippen molar-refractivity contribution < 1.29 is 18.3 Å². The van der Waals surface area contributed by atoms with E-state index >= 15 is 0 Å². The van der Waals surface area contributed by atoms with Crippen LogP contribution in [0.3, 0.4) is 0 Å². The van der Waals surface area contributed by atoms with Gasteiger partial charge in [-0.05, 0) is 36.3 Å². The van der Waals surface area contributed by atoms with E-state index in [0.29, 0.717) is 0 Å². The van der Waals surface area contributed by atoms with Crippen LogP contribution in [0.4, 0.5) is 0 Å². The summed E-state index contributed by atoms with van der Waals surface area (Å²) in [6.45, 7) is 0. The first-order chi connectivity index (χ1) is 9.88. The van der Waals surface area contributed by atoms with Crippen LogP contribution in [0.25, 0.3) is 0 Å². The highest BCUT2D eigenvalue weighted by atomic mass is 32.2. The zero-order valence-electron chi connectivity index (χ0n) is 11.6. The zero-order valence-corrected chi connectivity index (χ0v) is 13.3. The molecule has 1 fully saturated rings. The number of carbonyl (C=O) groups is 1. The topological polar surface area (TPSA) is 71.4 Å². The van der Waals surface area contributed by atoms with Gasteiger partial charge in [0, 0.05) is 10.1 Å². The Hall–Kier alpha value is -1.01. The SMILES string of the molecule is O=C(O)CC1(CS(=O)(=O)CC2Cc3ccccc3S2)CC1. The highest BCUT2D eigenvalue weighted by Crippen LogP contribution is 2.50. The summed E-state index contributed by atoms with van der Waals surface area (Å²) in [6, 6.07) is 8.01. The van der Waals surface area contributed by atoms with Crippen molar-refractivity contribution in [3.05, 3.63) is 29.8 Å². The summed E-state index contributed by atoms with van der Waals surface area (Å²) in [4.78, 5) is 12.0. The van der Waals surface area contributed by atoms with Gasteiger partial charge in [0.05, 0.1) is 17.9 Å². The van der Waals surface area contributed by atoms with E-state index in [1.54, 1.807) is 11.8 Å². The number of fused-ring (bicyclic) bond motifs is 1. The second kappa shape index (κ2) is 5.32. The number of carboxylic acid groups (broad SMARTS) is 1. The Morgan fingerprint density at radius 2 is 2.05 bits per heavy atom. The van der Waals surface area contributed by atoms with Crippen LogP contribution in [0.1, 0.15) is 24.8 Å². The number of benzene rings is 1. The molecule has 1 atom stereocenters. The maximum Gasteiger partial charge on any atom is 0.303 e. The van der Waals surface area contributed by atoms with E-state index in [0.717, 1.165) is 19.3 Å². The summed E-state index contributed by atoms with van der Waals surface area (Å²) in [7, 11) is -3.21. The van der Waals surface area contributed by atoms with Crippen molar-refractivity contribution in [1.29, 1.82) is 0 Å². The predicted molar refractivity (Wildman–Crippen MR) is 82.4 cm³/mol. The Balaban J connectivity index is 1.62. The number of sulfone groups is 1. The van der Waals surface area contributed by atoms with Crippen LogP contribution < -0.4 is 0 Å². The van der Waals surface area contributed by atoms with Crippen LogP contribution in [0, 0.1) is 5.41 Å². The third kappa shape index (κ3) is 3.61. The standard InChI is InChI=1S/C15H18O4S2/c16-14(17)8-15(5-6-15)10-21(18,19)9-12-7-11-3-1-2-4-13(11)20-12/h1-4,12H,5-10H2,(H,16,17). The minimum Gasteiger partial charge on any atom is -0.481 e. The lowest BCUT2D eigenvalue weighted by atomic mass is 10.1. The maximum absolute atomic E-state index is 12.4. The smallest absolute Gasteiger partial charge is 0.303 e. The molecule has 1 unspecified atom stereocenters. The molecule has 0 spiro atoms. The van der Waals surface area contributed by atoms with E-state index < -0.39 is 21.2 Å². The number of thioether (sulfide) groups is 1. The summed E-state index contributed by atoms with van der Waals surface area (Å²) >= 11 is 1.63. The van der Waals surface area contributed by atoms with Crippen LogP contribution in [-0.2, 0) is 21.1 Å². The molecule has 1 aromatic carbocycles. The first-order valence-corrected chi connectivity index (χ1v) is 9.74. The lowest BCUT2D eigenvalue weighted by Crippen LogP contribution is -2.26. The van der Waals surface area contributed by atoms with Gasteiger partial charge in [0.1, 0.15) is 0 Å². The van der Waals surface area contributed by atoms with Gasteiger partial charge in [0.2, 0.25) is 0 Å². The number of rotatable bonds is 6. The first kappa shape index (κ1) is 14.9. The molecule has 0 aromatic heterocycles. The number of carboxylic acids is 1. The quantitative estimate of drug-likeness (QED) is 0.869. The second-order valence-corrected chi connectivity index (χ2v) is 9.63. The molecule has 21 heavy (non-hydrogen) atoms. The van der Waals surface area contributed by atoms with Gasteiger partial charge in [-0.1, -0.05) is 18.2 Å². The summed E-state index contributed by atoms with van der Waals surface area (Å²) in [5, 5.41) is 8.95. The van der Waals surface area contributed by atoms with Gasteiger partial charge in [0.25, 0.3) is 0 Å². The molecule has 6 heteroatoms. The lowest BCUT2D eigenvalue weighted by molar-refractivity contribution is -0.138. The molecule has 0 radical (unpaired) electrons. The fourth-order valence-electron chi connectivity index (χ4n) is 3.03. The third-order valence-electron chi connectivity index (χ3n) is 4.16. The van der Waals surface area contributed by atoms with E-state index in [4.69, 9.17) is 5.11 Å². The molecular weight excluding hydrogens is 308 g/mol. The lowest BCUT2D eigenvalue weighted by Gasteiger charge is -2.15. The van der Waals surface area contributed by atoms with Crippen molar-refractivity contribution in [3.63, 3.8) is 0 Å². The van der Waals surface area contributed by atoms with Crippen molar-refractivity contribution in [2.45, 2.75) is 35.8 Å². The molecule has 4 nitrogen and oxygen atoms in total.